The average Bonchev–Trinajstić information content (AvgIpc) is 2.92. The fraction of sp³-hybridized carbons (Fsp3) is 0.556. The Kier molecular flexibility index (Phi) is 4.25. The maximum absolute atomic E-state index is 11.2. The standard InChI is InChI=1S/C18H26N4O2/c1-18(2)9-12(22(3)4)5-6-15(18)21-16-8-11-7-13(17(19)23)24-14(11)10-20-16/h7-8,10,12,15H,5-6,9H2,1-4H3,(H2,19,23)(H,20,21). The van der Waals surface area contributed by atoms with Crippen LogP contribution in [-0.4, -0.2) is 42.0 Å². The van der Waals surface area contributed by atoms with Gasteiger partial charge in [0.25, 0.3) is 5.91 Å². The van der Waals surface area contributed by atoms with E-state index in [4.69, 9.17) is 10.2 Å². The molecule has 2 atom stereocenters. The third-order valence-corrected chi connectivity index (χ3v) is 5.19. The van der Waals surface area contributed by atoms with Crippen molar-refractivity contribution in [3.05, 3.63) is 24.1 Å². The van der Waals surface area contributed by atoms with Gasteiger partial charge >= 0.3 is 0 Å². The predicted octanol–water partition coefficient (Wildman–Crippen LogP) is 2.85. The van der Waals surface area contributed by atoms with Gasteiger partial charge in [-0.05, 0) is 50.9 Å². The number of amides is 1. The van der Waals surface area contributed by atoms with Crippen LogP contribution in [-0.2, 0) is 0 Å². The van der Waals surface area contributed by atoms with Crippen LogP contribution in [0.15, 0.2) is 22.7 Å². The molecule has 1 aliphatic carbocycles. The second-order valence-corrected chi connectivity index (χ2v) is 7.67. The van der Waals surface area contributed by atoms with Gasteiger partial charge in [0.1, 0.15) is 5.82 Å². The molecule has 1 amide bonds. The van der Waals surface area contributed by atoms with Crippen molar-refractivity contribution in [2.45, 2.75) is 45.2 Å². The maximum Gasteiger partial charge on any atom is 0.284 e. The van der Waals surface area contributed by atoms with Crippen LogP contribution in [0.3, 0.4) is 0 Å². The van der Waals surface area contributed by atoms with E-state index in [1.165, 1.54) is 6.42 Å². The van der Waals surface area contributed by atoms with Crippen LogP contribution < -0.4 is 11.1 Å². The van der Waals surface area contributed by atoms with Gasteiger partial charge in [-0.3, -0.25) is 4.79 Å². The summed E-state index contributed by atoms with van der Waals surface area (Å²) in [5.74, 6) is 0.403. The topological polar surface area (TPSA) is 84.4 Å². The number of anilines is 1. The molecule has 1 saturated carbocycles. The predicted molar refractivity (Wildman–Crippen MR) is 95.0 cm³/mol. The van der Waals surface area contributed by atoms with Crippen LogP contribution in [0.4, 0.5) is 5.82 Å². The summed E-state index contributed by atoms with van der Waals surface area (Å²) in [4.78, 5) is 18.0. The Labute approximate surface area is 142 Å². The number of hydrogen-bond donors (Lipinski definition) is 2. The number of hydrogen-bond acceptors (Lipinski definition) is 5. The molecule has 130 valence electrons. The van der Waals surface area contributed by atoms with Gasteiger partial charge in [-0.25, -0.2) is 4.98 Å². The number of fused-ring (bicyclic) bond motifs is 1. The number of carbonyl (C=O) groups excluding carboxylic acids is 1. The van der Waals surface area contributed by atoms with E-state index in [1.807, 2.05) is 6.07 Å². The molecule has 6 heteroatoms. The summed E-state index contributed by atoms with van der Waals surface area (Å²) in [5, 5.41) is 4.41. The van der Waals surface area contributed by atoms with Crippen molar-refractivity contribution in [3.8, 4) is 0 Å². The average molecular weight is 330 g/mol. The fourth-order valence-corrected chi connectivity index (χ4v) is 3.63. The first kappa shape index (κ1) is 16.8. The van der Waals surface area contributed by atoms with Gasteiger partial charge < -0.3 is 20.4 Å². The number of nitrogens with zero attached hydrogens (tertiary/aromatic N) is 2. The highest BCUT2D eigenvalue weighted by molar-refractivity contribution is 5.95. The molecule has 3 N–H and O–H groups in total. The smallest absolute Gasteiger partial charge is 0.284 e. The van der Waals surface area contributed by atoms with Crippen LogP contribution in [0.2, 0.25) is 0 Å². The minimum absolute atomic E-state index is 0.163. The van der Waals surface area contributed by atoms with Gasteiger partial charge in [-0.2, -0.15) is 0 Å². The Morgan fingerprint density at radius 3 is 2.75 bits per heavy atom. The number of rotatable bonds is 4. The van der Waals surface area contributed by atoms with Crippen molar-refractivity contribution in [2.24, 2.45) is 11.1 Å². The number of aromatic nitrogens is 1. The molecule has 0 aliphatic heterocycles. The van der Waals surface area contributed by atoms with Gasteiger partial charge in [-0.15, -0.1) is 0 Å². The number of furan rings is 1. The fourth-order valence-electron chi connectivity index (χ4n) is 3.63. The lowest BCUT2D eigenvalue weighted by molar-refractivity contribution is 0.0976. The molecule has 1 fully saturated rings. The summed E-state index contributed by atoms with van der Waals surface area (Å²) in [6.07, 6.45) is 5.07. The molecule has 24 heavy (non-hydrogen) atoms. The molecule has 1 aliphatic rings. The van der Waals surface area contributed by atoms with Crippen molar-refractivity contribution in [3.63, 3.8) is 0 Å². The monoisotopic (exact) mass is 330 g/mol. The van der Waals surface area contributed by atoms with Crippen molar-refractivity contribution in [1.29, 1.82) is 0 Å². The van der Waals surface area contributed by atoms with E-state index in [-0.39, 0.29) is 11.2 Å². The highest BCUT2D eigenvalue weighted by atomic mass is 16.3. The van der Waals surface area contributed by atoms with Crippen molar-refractivity contribution >= 4 is 22.7 Å². The quantitative estimate of drug-likeness (QED) is 0.900. The number of pyridine rings is 1. The van der Waals surface area contributed by atoms with Crippen LogP contribution in [0, 0.1) is 5.41 Å². The first-order chi connectivity index (χ1) is 11.3. The molecule has 3 rings (SSSR count). The molecule has 2 aromatic rings. The normalized spacial score (nSPS) is 23.5. The van der Waals surface area contributed by atoms with E-state index in [2.05, 4.69) is 43.1 Å². The lowest BCUT2D eigenvalue weighted by Gasteiger charge is -2.45. The molecular weight excluding hydrogens is 304 g/mol. The van der Waals surface area contributed by atoms with Crippen LogP contribution in [0.5, 0.6) is 0 Å². The van der Waals surface area contributed by atoms with E-state index < -0.39 is 5.91 Å². The van der Waals surface area contributed by atoms with E-state index in [0.717, 1.165) is 24.0 Å². The zero-order chi connectivity index (χ0) is 17.5. The first-order valence-corrected chi connectivity index (χ1v) is 8.38. The Hall–Kier alpha value is -2.08. The third kappa shape index (κ3) is 3.24. The molecule has 6 nitrogen and oxygen atoms in total. The Morgan fingerprint density at radius 1 is 1.38 bits per heavy atom. The zero-order valence-corrected chi connectivity index (χ0v) is 14.8. The number of nitrogens with two attached hydrogens (primary N) is 1. The second kappa shape index (κ2) is 6.09. The number of nitrogens with one attached hydrogen (secondary N) is 1. The summed E-state index contributed by atoms with van der Waals surface area (Å²) in [7, 11) is 4.30. The molecule has 2 heterocycles. The lowest BCUT2D eigenvalue weighted by atomic mass is 9.71. The Morgan fingerprint density at radius 2 is 2.12 bits per heavy atom. The van der Waals surface area contributed by atoms with Crippen LogP contribution >= 0.6 is 0 Å². The molecular formula is C18H26N4O2. The molecule has 0 radical (unpaired) electrons. The van der Waals surface area contributed by atoms with E-state index in [9.17, 15) is 4.79 Å². The molecule has 2 aromatic heterocycles. The van der Waals surface area contributed by atoms with E-state index in [0.29, 0.717) is 17.7 Å². The van der Waals surface area contributed by atoms with Gasteiger partial charge in [0.05, 0.1) is 6.20 Å². The van der Waals surface area contributed by atoms with Crippen molar-refractivity contribution in [2.75, 3.05) is 19.4 Å². The van der Waals surface area contributed by atoms with Gasteiger partial charge in [0, 0.05) is 17.5 Å². The minimum atomic E-state index is -0.566. The SMILES string of the molecule is CN(C)C1CCC(Nc2cc3cc(C(N)=O)oc3cn2)C(C)(C)C1. The highest BCUT2D eigenvalue weighted by Gasteiger charge is 2.37. The summed E-state index contributed by atoms with van der Waals surface area (Å²) in [6, 6.07) is 4.57. The second-order valence-electron chi connectivity index (χ2n) is 7.67. The van der Waals surface area contributed by atoms with Crippen LogP contribution in [0.1, 0.15) is 43.7 Å². The van der Waals surface area contributed by atoms with Crippen molar-refractivity contribution < 1.29 is 9.21 Å². The zero-order valence-electron chi connectivity index (χ0n) is 14.8. The minimum Gasteiger partial charge on any atom is -0.449 e. The Bertz CT molecular complexity index is 751. The molecule has 0 saturated heterocycles. The number of primary amides is 1. The van der Waals surface area contributed by atoms with Gasteiger partial charge in [0.15, 0.2) is 11.3 Å². The lowest BCUT2D eigenvalue weighted by Crippen LogP contribution is -2.47. The largest absolute Gasteiger partial charge is 0.449 e. The van der Waals surface area contributed by atoms with Crippen molar-refractivity contribution in [1.82, 2.24) is 9.88 Å². The molecule has 0 bridgehead atoms. The van der Waals surface area contributed by atoms with Gasteiger partial charge in [-0.1, -0.05) is 13.8 Å². The molecule has 2 unspecified atom stereocenters. The third-order valence-electron chi connectivity index (χ3n) is 5.19. The summed E-state index contributed by atoms with van der Waals surface area (Å²) in [6.45, 7) is 4.61. The van der Waals surface area contributed by atoms with Gasteiger partial charge in [0.2, 0.25) is 0 Å². The maximum atomic E-state index is 11.2. The summed E-state index contributed by atoms with van der Waals surface area (Å²) < 4.78 is 5.39. The first-order valence-electron chi connectivity index (χ1n) is 8.38. The van der Waals surface area contributed by atoms with E-state index >= 15 is 0 Å². The van der Waals surface area contributed by atoms with Crippen LogP contribution in [0.25, 0.3) is 11.0 Å². The summed E-state index contributed by atoms with van der Waals surface area (Å²) in [5.41, 5.74) is 6.02. The molecule has 0 spiro atoms. The van der Waals surface area contributed by atoms with E-state index in [1.54, 1.807) is 12.3 Å². The number of carbonyl (C=O) groups is 1. The highest BCUT2D eigenvalue weighted by Crippen LogP contribution is 2.38. The molecule has 0 aromatic carbocycles. The summed E-state index contributed by atoms with van der Waals surface area (Å²) >= 11 is 0. The Balaban J connectivity index is 1.78.